The van der Waals surface area contributed by atoms with Gasteiger partial charge in [-0.3, -0.25) is 0 Å². The molecule has 0 saturated carbocycles. The lowest BCUT2D eigenvalue weighted by Gasteiger charge is -2.28. The molecule has 1 aliphatic carbocycles. The number of anilines is 4. The fraction of sp³-hybridized carbons (Fsp3) is 0.429. The quantitative estimate of drug-likeness (QED) is 0.333. The van der Waals surface area contributed by atoms with Gasteiger partial charge < -0.3 is 16.0 Å². The van der Waals surface area contributed by atoms with E-state index in [1.807, 2.05) is 6.07 Å². The predicted octanol–water partition coefficient (Wildman–Crippen LogP) is 6.49. The number of para-hydroxylation sites is 1. The number of fused-ring (bicyclic) bond motifs is 1. The number of piperidine rings is 1. The number of rotatable bonds is 6. The first-order valence-electron chi connectivity index (χ1n) is 12.6. The summed E-state index contributed by atoms with van der Waals surface area (Å²) in [6.07, 6.45) is 6.39. The molecule has 0 amide bonds. The molecule has 2 aromatic carbocycles. The fourth-order valence-corrected chi connectivity index (χ4v) is 6.84. The largest absolute Gasteiger partial charge is 0.338 e. The number of nitrogens with zero attached hydrogens (tertiary/aromatic N) is 2. The van der Waals surface area contributed by atoms with Gasteiger partial charge in [-0.05, 0) is 111 Å². The van der Waals surface area contributed by atoms with Crippen molar-refractivity contribution in [3.63, 3.8) is 0 Å². The Hall–Kier alpha value is -2.20. The molecule has 3 aromatic rings. The predicted molar refractivity (Wildman–Crippen MR) is 151 cm³/mol. The zero-order valence-electron chi connectivity index (χ0n) is 21.1. The average Bonchev–Trinajstić information content (AvgIpc) is 3.23. The highest BCUT2D eigenvalue weighted by molar-refractivity contribution is 7.64. The maximum atomic E-state index is 6.51. The molecule has 1 saturated heterocycles. The molecule has 0 radical (unpaired) electrons. The summed E-state index contributed by atoms with van der Waals surface area (Å²) in [6.45, 7) is 11.4. The molecule has 184 valence electrons. The van der Waals surface area contributed by atoms with Gasteiger partial charge in [0.2, 0.25) is 5.95 Å². The van der Waals surface area contributed by atoms with E-state index in [2.05, 4.69) is 72.4 Å². The maximum absolute atomic E-state index is 6.51. The normalized spacial score (nSPS) is 18.1. The Kier molecular flexibility index (Phi) is 7.29. The van der Waals surface area contributed by atoms with Crippen molar-refractivity contribution in [3.05, 3.63) is 63.8 Å². The minimum absolute atomic E-state index is 0.258. The van der Waals surface area contributed by atoms with E-state index in [1.54, 1.807) is 17.3 Å². The van der Waals surface area contributed by atoms with Crippen LogP contribution in [0.4, 0.5) is 23.1 Å². The lowest BCUT2D eigenvalue weighted by Crippen LogP contribution is -2.27. The topological polar surface area (TPSA) is 61.9 Å². The molecular formula is C28H35ClN5P. The van der Waals surface area contributed by atoms with Crippen LogP contribution < -0.4 is 21.3 Å². The fourth-order valence-electron chi connectivity index (χ4n) is 5.70. The van der Waals surface area contributed by atoms with E-state index in [9.17, 15) is 0 Å². The van der Waals surface area contributed by atoms with Crippen LogP contribution in [-0.4, -0.2) is 36.4 Å². The summed E-state index contributed by atoms with van der Waals surface area (Å²) in [7, 11) is -0.258. The first kappa shape index (κ1) is 24.5. The van der Waals surface area contributed by atoms with Crippen molar-refractivity contribution < 1.29 is 0 Å². The van der Waals surface area contributed by atoms with Crippen molar-refractivity contribution in [1.82, 2.24) is 15.3 Å². The first-order chi connectivity index (χ1) is 16.9. The van der Waals surface area contributed by atoms with Crippen molar-refractivity contribution in [3.8, 4) is 0 Å². The van der Waals surface area contributed by atoms with Gasteiger partial charge in [0, 0.05) is 11.4 Å². The van der Waals surface area contributed by atoms with Gasteiger partial charge in [-0.15, -0.1) is 0 Å². The van der Waals surface area contributed by atoms with E-state index in [0.29, 0.717) is 28.6 Å². The summed E-state index contributed by atoms with van der Waals surface area (Å²) in [6, 6.07) is 10.7. The minimum Gasteiger partial charge on any atom is -0.338 e. The average molecular weight is 508 g/mol. The van der Waals surface area contributed by atoms with Gasteiger partial charge in [0.15, 0.2) is 5.82 Å². The number of aromatic nitrogens is 2. The van der Waals surface area contributed by atoms with Crippen molar-refractivity contribution in [2.75, 3.05) is 37.1 Å². The molecule has 5 nitrogen and oxygen atoms in total. The SMILES string of the molecule is Cc1cc(Nc2ncc(Cl)c(Nc3ccccc3P(C)C)n2)c2c(c1C1CCNCC1)CC(C)C2. The zero-order valence-corrected chi connectivity index (χ0v) is 22.7. The third-order valence-electron chi connectivity index (χ3n) is 7.28. The van der Waals surface area contributed by atoms with Crippen LogP contribution in [0.25, 0.3) is 0 Å². The zero-order chi connectivity index (χ0) is 24.5. The number of hydrogen-bond donors (Lipinski definition) is 3. The van der Waals surface area contributed by atoms with Crippen LogP contribution in [0.1, 0.15) is 47.9 Å². The monoisotopic (exact) mass is 507 g/mol. The van der Waals surface area contributed by atoms with Crippen LogP contribution in [0.2, 0.25) is 5.02 Å². The van der Waals surface area contributed by atoms with Gasteiger partial charge in [-0.2, -0.15) is 4.98 Å². The lowest BCUT2D eigenvalue weighted by molar-refractivity contribution is 0.456. The second kappa shape index (κ2) is 10.4. The van der Waals surface area contributed by atoms with Crippen LogP contribution in [0.15, 0.2) is 36.5 Å². The van der Waals surface area contributed by atoms with Gasteiger partial charge >= 0.3 is 0 Å². The van der Waals surface area contributed by atoms with Gasteiger partial charge in [-0.25, -0.2) is 4.98 Å². The highest BCUT2D eigenvalue weighted by Crippen LogP contribution is 2.42. The summed E-state index contributed by atoms with van der Waals surface area (Å²) in [5, 5.41) is 12.3. The summed E-state index contributed by atoms with van der Waals surface area (Å²) in [5.74, 6) is 2.52. The van der Waals surface area contributed by atoms with Crippen molar-refractivity contribution >= 4 is 48.0 Å². The summed E-state index contributed by atoms with van der Waals surface area (Å²) in [5.41, 5.74) is 8.17. The van der Waals surface area contributed by atoms with E-state index >= 15 is 0 Å². The minimum atomic E-state index is -0.258. The van der Waals surface area contributed by atoms with Crippen molar-refractivity contribution in [2.24, 2.45) is 5.92 Å². The second-order valence-electron chi connectivity index (χ2n) is 10.2. The molecule has 7 heteroatoms. The number of halogens is 1. The standard InChI is InChI=1S/C28H35ClN5P/c1-17-13-20-21(14-17)26(19-9-11-30-12-10-19)18(2)15-24(20)33-28-31-16-22(29)27(34-28)32-23-7-5-6-8-25(23)35(3)4/h5-8,15-17,19,30H,9-14H2,1-4H3,(H2,31,32,33,34). The summed E-state index contributed by atoms with van der Waals surface area (Å²) < 4.78 is 0. The Morgan fingerprint density at radius 2 is 1.77 bits per heavy atom. The molecule has 3 N–H and O–H groups in total. The number of benzene rings is 2. The first-order valence-corrected chi connectivity index (χ1v) is 15.2. The molecule has 1 fully saturated rings. The van der Waals surface area contributed by atoms with Crippen LogP contribution in [0.3, 0.4) is 0 Å². The Labute approximate surface area is 215 Å². The Bertz CT molecular complexity index is 1220. The molecular weight excluding hydrogens is 473 g/mol. The summed E-state index contributed by atoms with van der Waals surface area (Å²) >= 11 is 6.51. The third kappa shape index (κ3) is 5.18. The lowest BCUT2D eigenvalue weighted by atomic mass is 9.82. The summed E-state index contributed by atoms with van der Waals surface area (Å²) in [4.78, 5) is 9.30. The van der Waals surface area contributed by atoms with Gasteiger partial charge in [0.05, 0.1) is 6.20 Å². The van der Waals surface area contributed by atoms with E-state index < -0.39 is 0 Å². The van der Waals surface area contributed by atoms with Crippen LogP contribution in [-0.2, 0) is 12.8 Å². The third-order valence-corrected chi connectivity index (χ3v) is 8.91. The highest BCUT2D eigenvalue weighted by Gasteiger charge is 2.29. The Morgan fingerprint density at radius 1 is 1.03 bits per heavy atom. The van der Waals surface area contributed by atoms with E-state index in [4.69, 9.17) is 16.6 Å². The molecule has 1 atom stereocenters. The van der Waals surface area contributed by atoms with Gasteiger partial charge in [-0.1, -0.05) is 44.6 Å². The molecule has 0 bridgehead atoms. The molecule has 0 spiro atoms. The molecule has 35 heavy (non-hydrogen) atoms. The Balaban J connectivity index is 1.46. The Morgan fingerprint density at radius 3 is 2.54 bits per heavy atom. The molecule has 1 unspecified atom stereocenters. The van der Waals surface area contributed by atoms with E-state index in [0.717, 1.165) is 37.3 Å². The van der Waals surface area contributed by atoms with Crippen molar-refractivity contribution in [1.29, 1.82) is 0 Å². The van der Waals surface area contributed by atoms with Gasteiger partial charge in [0.25, 0.3) is 0 Å². The highest BCUT2D eigenvalue weighted by atomic mass is 35.5. The smallest absolute Gasteiger partial charge is 0.229 e. The van der Waals surface area contributed by atoms with E-state index in [-0.39, 0.29) is 7.92 Å². The van der Waals surface area contributed by atoms with Gasteiger partial charge in [0.1, 0.15) is 5.02 Å². The molecule has 5 rings (SSSR count). The molecule has 1 aromatic heterocycles. The van der Waals surface area contributed by atoms with E-state index in [1.165, 1.54) is 29.3 Å². The molecule has 1 aliphatic heterocycles. The molecule has 2 heterocycles. The van der Waals surface area contributed by atoms with Crippen molar-refractivity contribution in [2.45, 2.75) is 45.4 Å². The van der Waals surface area contributed by atoms with Crippen LogP contribution >= 0.6 is 19.5 Å². The number of aryl methyl sites for hydroxylation is 1. The van der Waals surface area contributed by atoms with Crippen LogP contribution in [0, 0.1) is 12.8 Å². The maximum Gasteiger partial charge on any atom is 0.229 e. The number of hydrogen-bond acceptors (Lipinski definition) is 5. The number of nitrogens with one attached hydrogen (secondary N) is 3. The van der Waals surface area contributed by atoms with Crippen LogP contribution in [0.5, 0.6) is 0 Å². The molecule has 2 aliphatic rings. The second-order valence-corrected chi connectivity index (χ2v) is 12.9.